The van der Waals surface area contributed by atoms with Crippen molar-refractivity contribution in [1.29, 1.82) is 0 Å². The van der Waals surface area contributed by atoms with Crippen molar-refractivity contribution in [3.8, 4) is 45.5 Å². The van der Waals surface area contributed by atoms with Crippen molar-refractivity contribution in [3.63, 3.8) is 0 Å². The van der Waals surface area contributed by atoms with Crippen molar-refractivity contribution in [2.45, 2.75) is 66.8 Å². The average Bonchev–Trinajstić information content (AvgIpc) is 3.53. The van der Waals surface area contributed by atoms with Gasteiger partial charge in [0, 0.05) is 37.3 Å². The maximum absolute atomic E-state index is 6.50. The number of imidazole rings is 1. The maximum Gasteiger partial charge on any atom is 0.150 e. The summed E-state index contributed by atoms with van der Waals surface area (Å²) in [6.07, 6.45) is 4.07. The third-order valence-corrected chi connectivity index (χ3v) is 9.39. The Labute approximate surface area is 299 Å². The van der Waals surface area contributed by atoms with Crippen LogP contribution in [0.2, 0.25) is 0 Å². The zero-order valence-electron chi connectivity index (χ0n) is 30.9. The van der Waals surface area contributed by atoms with Gasteiger partial charge in [-0.1, -0.05) is 83.5 Å². The highest BCUT2D eigenvalue weighted by molar-refractivity contribution is 5.87. The smallest absolute Gasteiger partial charge is 0.150 e. The van der Waals surface area contributed by atoms with Crippen LogP contribution in [0.1, 0.15) is 60.3 Å². The average molecular weight is 677 g/mol. The Morgan fingerprint density at radius 3 is 1.72 bits per heavy atom. The van der Waals surface area contributed by atoms with Crippen LogP contribution in [-0.4, -0.2) is 71.8 Å². The summed E-state index contributed by atoms with van der Waals surface area (Å²) in [6, 6.07) is 31.1. The molecule has 0 aliphatic heterocycles. The summed E-state index contributed by atoms with van der Waals surface area (Å²) >= 11 is 0. The lowest BCUT2D eigenvalue weighted by Gasteiger charge is -2.18. The van der Waals surface area contributed by atoms with E-state index in [1.165, 1.54) is 11.1 Å². The molecule has 0 saturated heterocycles. The van der Waals surface area contributed by atoms with Crippen molar-refractivity contribution < 1.29 is 14.2 Å². The van der Waals surface area contributed by atoms with E-state index in [2.05, 4.69) is 104 Å². The third-order valence-electron chi connectivity index (χ3n) is 9.39. The van der Waals surface area contributed by atoms with Gasteiger partial charge in [-0.3, -0.25) is 0 Å². The van der Waals surface area contributed by atoms with Crippen LogP contribution in [0.25, 0.3) is 33.5 Å². The van der Waals surface area contributed by atoms with Crippen LogP contribution >= 0.6 is 0 Å². The van der Waals surface area contributed by atoms with Gasteiger partial charge in [-0.2, -0.15) is 0 Å². The van der Waals surface area contributed by atoms with E-state index in [1.54, 1.807) is 0 Å². The molecule has 0 saturated carbocycles. The Morgan fingerprint density at radius 2 is 1.14 bits per heavy atom. The Kier molecular flexibility index (Phi) is 14.2. The number of benzene rings is 4. The van der Waals surface area contributed by atoms with Crippen LogP contribution < -0.4 is 14.2 Å². The Balaban J connectivity index is 1.39. The molecule has 0 aliphatic carbocycles. The minimum atomic E-state index is 0.631. The molecule has 1 heterocycles. The lowest BCUT2D eigenvalue weighted by molar-refractivity contribution is 0.243. The number of fused-ring (bicyclic) bond motifs is 1. The van der Waals surface area contributed by atoms with Gasteiger partial charge in [0.25, 0.3) is 0 Å². The van der Waals surface area contributed by atoms with E-state index in [0.717, 1.165) is 117 Å². The van der Waals surface area contributed by atoms with E-state index in [0.29, 0.717) is 13.2 Å². The van der Waals surface area contributed by atoms with Gasteiger partial charge in [0.1, 0.15) is 28.6 Å². The summed E-state index contributed by atoms with van der Waals surface area (Å²) in [4.78, 5) is 10.1. The van der Waals surface area contributed by atoms with Crippen molar-refractivity contribution in [3.05, 3.63) is 91.0 Å². The molecule has 1 aromatic heterocycles. The van der Waals surface area contributed by atoms with Gasteiger partial charge in [-0.25, -0.2) is 4.98 Å². The van der Waals surface area contributed by atoms with E-state index in [9.17, 15) is 0 Å². The largest absolute Gasteiger partial charge is 0.493 e. The van der Waals surface area contributed by atoms with Gasteiger partial charge in [-0.15, -0.1) is 0 Å². The minimum absolute atomic E-state index is 0.631. The van der Waals surface area contributed by atoms with Gasteiger partial charge in [-0.05, 0) is 93.0 Å². The lowest BCUT2D eigenvalue weighted by atomic mass is 10.1. The molecule has 0 amide bonds. The summed E-state index contributed by atoms with van der Waals surface area (Å²) in [5.74, 6) is 4.15. The number of aryl methyl sites for hydroxylation is 1. The number of ether oxygens (including phenoxy) is 3. The van der Waals surface area contributed by atoms with Crippen LogP contribution in [0.4, 0.5) is 0 Å². The fourth-order valence-corrected chi connectivity index (χ4v) is 6.31. The lowest BCUT2D eigenvalue weighted by Crippen LogP contribution is -2.25. The van der Waals surface area contributed by atoms with Gasteiger partial charge in [0.05, 0.1) is 18.7 Å². The second-order valence-corrected chi connectivity index (χ2v) is 12.7. The van der Waals surface area contributed by atoms with E-state index in [4.69, 9.17) is 19.2 Å². The van der Waals surface area contributed by atoms with Crippen LogP contribution in [0.3, 0.4) is 0 Å². The molecule has 5 rings (SSSR count). The molecule has 0 radical (unpaired) electrons. The van der Waals surface area contributed by atoms with E-state index >= 15 is 0 Å². The predicted molar refractivity (Wildman–Crippen MR) is 208 cm³/mol. The molecule has 5 aromatic rings. The summed E-state index contributed by atoms with van der Waals surface area (Å²) in [7, 11) is 0. The molecular formula is C43H56N4O3. The van der Waals surface area contributed by atoms with Gasteiger partial charge in [0.2, 0.25) is 0 Å². The molecule has 0 unspecified atom stereocenters. The van der Waals surface area contributed by atoms with E-state index < -0.39 is 0 Å². The monoisotopic (exact) mass is 676 g/mol. The first kappa shape index (κ1) is 36.9. The number of unbranched alkanes of at least 4 members (excludes halogenated alkanes) is 1. The molecule has 0 spiro atoms. The fraction of sp³-hybridized carbons (Fsp3) is 0.419. The SMILES string of the molecule is CCCCn1c(-c2ccc(Oc3ccc(-c4ccccc4)cc3)cc2)nc2c(OCCCN(CC)CC)cc(OCCCN(CC)CC)cc21. The second kappa shape index (κ2) is 19.2. The Morgan fingerprint density at radius 1 is 0.580 bits per heavy atom. The molecule has 0 N–H and O–H groups in total. The van der Waals surface area contributed by atoms with Gasteiger partial charge < -0.3 is 28.6 Å². The van der Waals surface area contributed by atoms with Crippen molar-refractivity contribution in [2.24, 2.45) is 0 Å². The van der Waals surface area contributed by atoms with Gasteiger partial charge in [0.15, 0.2) is 5.75 Å². The zero-order chi connectivity index (χ0) is 35.1. The third kappa shape index (κ3) is 9.89. The number of rotatable bonds is 21. The van der Waals surface area contributed by atoms with Crippen LogP contribution in [0.5, 0.6) is 23.0 Å². The molecule has 7 nitrogen and oxygen atoms in total. The summed E-state index contributed by atoms with van der Waals surface area (Å²) < 4.78 is 21.5. The zero-order valence-corrected chi connectivity index (χ0v) is 30.9. The van der Waals surface area contributed by atoms with Crippen LogP contribution in [0.15, 0.2) is 91.0 Å². The molecule has 0 fully saturated rings. The minimum Gasteiger partial charge on any atom is -0.493 e. The number of nitrogens with zero attached hydrogens (tertiary/aromatic N) is 4. The second-order valence-electron chi connectivity index (χ2n) is 12.7. The summed E-state index contributed by atoms with van der Waals surface area (Å²) in [6.45, 7) is 19.5. The molecule has 0 atom stereocenters. The molecule has 0 aliphatic rings. The first-order chi connectivity index (χ1) is 24.6. The maximum atomic E-state index is 6.50. The molecule has 7 heteroatoms. The molecule has 4 aromatic carbocycles. The highest BCUT2D eigenvalue weighted by atomic mass is 16.5. The standard InChI is InChI=1S/C43H56N4O3/c1-6-11-29-47-40-32-39(48-30-15-27-45(7-2)8-3)33-41(49-31-16-28-46(9-4)10-5)42(40)44-43(47)36-21-25-38(26-22-36)50-37-23-19-35(20-24-37)34-17-13-12-14-18-34/h12-14,17-26,32-33H,6-11,15-16,27-31H2,1-5H3. The quantitative estimate of drug-likeness (QED) is 0.0721. The highest BCUT2D eigenvalue weighted by Crippen LogP contribution is 2.36. The van der Waals surface area contributed by atoms with Crippen molar-refractivity contribution in [2.75, 3.05) is 52.5 Å². The highest BCUT2D eigenvalue weighted by Gasteiger charge is 2.19. The molecule has 50 heavy (non-hydrogen) atoms. The number of aromatic nitrogens is 2. The predicted octanol–water partition coefficient (Wildman–Crippen LogP) is 10.2. The molecular weight excluding hydrogens is 620 g/mol. The first-order valence-corrected chi connectivity index (χ1v) is 18.7. The molecule has 0 bridgehead atoms. The first-order valence-electron chi connectivity index (χ1n) is 18.7. The van der Waals surface area contributed by atoms with Gasteiger partial charge >= 0.3 is 0 Å². The van der Waals surface area contributed by atoms with Crippen LogP contribution in [0, 0.1) is 0 Å². The number of hydrogen-bond donors (Lipinski definition) is 0. The Hall–Kier alpha value is -4.33. The topological polar surface area (TPSA) is 52.0 Å². The normalized spacial score (nSPS) is 11.5. The van der Waals surface area contributed by atoms with E-state index in [-0.39, 0.29) is 0 Å². The summed E-state index contributed by atoms with van der Waals surface area (Å²) in [5, 5.41) is 0. The molecule has 266 valence electrons. The fourth-order valence-electron chi connectivity index (χ4n) is 6.31. The van der Waals surface area contributed by atoms with Crippen molar-refractivity contribution >= 4 is 11.0 Å². The van der Waals surface area contributed by atoms with E-state index in [1.807, 2.05) is 36.4 Å². The number of hydrogen-bond acceptors (Lipinski definition) is 6. The van der Waals surface area contributed by atoms with Crippen LogP contribution in [-0.2, 0) is 6.54 Å². The Bertz CT molecular complexity index is 1710. The van der Waals surface area contributed by atoms with Crippen molar-refractivity contribution in [1.82, 2.24) is 19.4 Å². The summed E-state index contributed by atoms with van der Waals surface area (Å²) in [5.41, 5.74) is 5.33.